The molecule has 2 N–H and O–H groups in total. The number of nitrogens with zero attached hydrogens (tertiary/aromatic N) is 3. The molecule has 9 nitrogen and oxygen atoms in total. The maximum absolute atomic E-state index is 13.2. The Labute approximate surface area is 208 Å². The summed E-state index contributed by atoms with van der Waals surface area (Å²) in [5, 5.41) is 0. The van der Waals surface area contributed by atoms with Crippen LogP contribution >= 0.6 is 0 Å². The number of rotatable bonds is 6. The summed E-state index contributed by atoms with van der Waals surface area (Å²) in [4.78, 5) is 31.7. The molecule has 1 aromatic rings. The van der Waals surface area contributed by atoms with Crippen molar-refractivity contribution in [2.45, 2.75) is 49.9 Å². The lowest BCUT2D eigenvalue weighted by Gasteiger charge is -2.36. The topological polar surface area (TPSA) is 96.0 Å². The molecule has 0 spiro atoms. The SMILES string of the molecule is O=C1NNCC(OC[C@H]2CC[C@H](CC(=O)N3CCN(c4ccc(C(F)(F)F)cn4)CC3)O2)C1C(F)(F)F. The van der Waals surface area contributed by atoms with Gasteiger partial charge in [0.1, 0.15) is 5.82 Å². The Morgan fingerprint density at radius 2 is 1.78 bits per heavy atom. The number of hydrogen-bond donors (Lipinski definition) is 2. The van der Waals surface area contributed by atoms with Crippen LogP contribution in [0.4, 0.5) is 32.2 Å². The van der Waals surface area contributed by atoms with Crippen LogP contribution in [0.15, 0.2) is 18.3 Å². The summed E-state index contributed by atoms with van der Waals surface area (Å²) in [6.07, 6.45) is -9.53. The number of carbonyl (C=O) groups excluding carboxylic acids is 2. The van der Waals surface area contributed by atoms with Crippen molar-refractivity contribution in [3.8, 4) is 0 Å². The molecule has 15 heteroatoms. The maximum Gasteiger partial charge on any atom is 0.417 e. The molecule has 4 rings (SSSR count). The first kappa shape index (κ1) is 27.4. The van der Waals surface area contributed by atoms with E-state index in [1.165, 1.54) is 6.07 Å². The molecule has 2 unspecified atom stereocenters. The molecule has 37 heavy (non-hydrogen) atoms. The van der Waals surface area contributed by atoms with E-state index in [9.17, 15) is 35.9 Å². The minimum atomic E-state index is -4.74. The van der Waals surface area contributed by atoms with E-state index in [0.29, 0.717) is 44.8 Å². The van der Waals surface area contributed by atoms with Gasteiger partial charge < -0.3 is 19.3 Å². The number of alkyl halides is 6. The van der Waals surface area contributed by atoms with Crippen molar-refractivity contribution >= 4 is 17.6 Å². The van der Waals surface area contributed by atoms with E-state index < -0.39 is 48.1 Å². The highest BCUT2D eigenvalue weighted by Gasteiger charge is 2.52. The molecule has 4 heterocycles. The first-order valence-electron chi connectivity index (χ1n) is 11.8. The minimum Gasteiger partial charge on any atom is -0.373 e. The largest absolute Gasteiger partial charge is 0.417 e. The first-order valence-corrected chi connectivity index (χ1v) is 11.8. The number of nitrogens with one attached hydrogen (secondary N) is 2. The Hall–Kier alpha value is -2.65. The minimum absolute atomic E-state index is 0.105. The number of ether oxygens (including phenoxy) is 2. The maximum atomic E-state index is 13.2. The predicted molar refractivity (Wildman–Crippen MR) is 116 cm³/mol. The van der Waals surface area contributed by atoms with E-state index >= 15 is 0 Å². The second kappa shape index (κ2) is 11.0. The average Bonchev–Trinajstić information content (AvgIpc) is 3.28. The van der Waals surface area contributed by atoms with Gasteiger partial charge in [-0.05, 0) is 25.0 Å². The highest BCUT2D eigenvalue weighted by Crippen LogP contribution is 2.33. The zero-order valence-corrected chi connectivity index (χ0v) is 19.6. The van der Waals surface area contributed by atoms with Crippen LogP contribution in [-0.4, -0.2) is 85.5 Å². The molecule has 206 valence electrons. The normalized spacial score (nSPS) is 27.4. The Kier molecular flexibility index (Phi) is 8.14. The molecular formula is C22H27F6N5O4. The van der Waals surface area contributed by atoms with Gasteiger partial charge in [0.25, 0.3) is 0 Å². The average molecular weight is 539 g/mol. The van der Waals surface area contributed by atoms with E-state index in [0.717, 1.165) is 12.3 Å². The number of aromatic nitrogens is 1. The van der Waals surface area contributed by atoms with Gasteiger partial charge in [-0.1, -0.05) is 0 Å². The van der Waals surface area contributed by atoms with E-state index in [2.05, 4.69) is 10.4 Å². The third-order valence-electron chi connectivity index (χ3n) is 6.65. The molecule has 3 aliphatic heterocycles. The number of pyridine rings is 1. The molecule has 4 atom stereocenters. The number of anilines is 1. The Morgan fingerprint density at radius 1 is 1.08 bits per heavy atom. The van der Waals surface area contributed by atoms with Crippen LogP contribution in [0.1, 0.15) is 24.8 Å². The van der Waals surface area contributed by atoms with Crippen molar-refractivity contribution < 1.29 is 45.4 Å². The lowest BCUT2D eigenvalue weighted by atomic mass is 9.99. The van der Waals surface area contributed by atoms with Gasteiger partial charge in [-0.3, -0.25) is 15.0 Å². The monoisotopic (exact) mass is 539 g/mol. The number of hydrogen-bond acceptors (Lipinski definition) is 7. The molecule has 0 aliphatic carbocycles. The highest BCUT2D eigenvalue weighted by molar-refractivity contribution is 5.80. The number of piperazine rings is 1. The van der Waals surface area contributed by atoms with Crippen LogP contribution in [0.3, 0.4) is 0 Å². The summed E-state index contributed by atoms with van der Waals surface area (Å²) in [5.41, 5.74) is 3.53. The van der Waals surface area contributed by atoms with Gasteiger partial charge in [-0.25, -0.2) is 10.4 Å². The molecule has 3 saturated heterocycles. The number of hydrazine groups is 1. The van der Waals surface area contributed by atoms with Crippen molar-refractivity contribution in [1.29, 1.82) is 0 Å². The van der Waals surface area contributed by atoms with Crippen LogP contribution in [0.5, 0.6) is 0 Å². The zero-order chi connectivity index (χ0) is 26.8. The third kappa shape index (κ3) is 6.82. The summed E-state index contributed by atoms with van der Waals surface area (Å²) in [7, 11) is 0. The van der Waals surface area contributed by atoms with Gasteiger partial charge in [-0.2, -0.15) is 26.3 Å². The standard InChI is InChI=1S/C22H27F6N5O4/c23-21(24,25)13-1-4-17(29-10-13)32-5-7-33(8-6-32)18(34)9-14-2-3-15(37-14)12-36-16-11-30-31-20(35)19(16)22(26,27)28/h1,4,10,14-16,19,30H,2-3,5-9,11-12H2,(H,31,35)/t14-,15-,16?,19?/m1/s1. The summed E-state index contributed by atoms with van der Waals surface area (Å²) >= 11 is 0. The zero-order valence-electron chi connectivity index (χ0n) is 19.6. The Morgan fingerprint density at radius 3 is 2.41 bits per heavy atom. The fraction of sp³-hybridized carbons (Fsp3) is 0.682. The van der Waals surface area contributed by atoms with Crippen molar-refractivity contribution in [3.63, 3.8) is 0 Å². The first-order chi connectivity index (χ1) is 17.4. The summed E-state index contributed by atoms with van der Waals surface area (Å²) in [6.45, 7) is 1.24. The van der Waals surface area contributed by atoms with Gasteiger partial charge in [0.05, 0.1) is 36.9 Å². The summed E-state index contributed by atoms with van der Waals surface area (Å²) in [5.74, 6) is -3.21. The molecule has 1 aromatic heterocycles. The van der Waals surface area contributed by atoms with Gasteiger partial charge in [0, 0.05) is 38.9 Å². The second-order valence-electron chi connectivity index (χ2n) is 9.19. The summed E-state index contributed by atoms with van der Waals surface area (Å²) < 4.78 is 89.0. The van der Waals surface area contributed by atoms with Crippen LogP contribution < -0.4 is 15.8 Å². The van der Waals surface area contributed by atoms with Gasteiger partial charge >= 0.3 is 12.4 Å². The fourth-order valence-corrected chi connectivity index (χ4v) is 4.65. The molecule has 3 fully saturated rings. The highest BCUT2D eigenvalue weighted by atomic mass is 19.4. The Bertz CT molecular complexity index is 952. The Balaban J connectivity index is 1.20. The van der Waals surface area contributed by atoms with E-state index in [4.69, 9.17) is 9.47 Å². The quantitative estimate of drug-likeness (QED) is 0.534. The van der Waals surface area contributed by atoms with E-state index in [1.54, 1.807) is 9.80 Å². The van der Waals surface area contributed by atoms with E-state index in [-0.39, 0.29) is 25.5 Å². The predicted octanol–water partition coefficient (Wildman–Crippen LogP) is 1.88. The van der Waals surface area contributed by atoms with Gasteiger partial charge in [-0.15, -0.1) is 0 Å². The lowest BCUT2D eigenvalue weighted by Crippen LogP contribution is -2.60. The van der Waals surface area contributed by atoms with Crippen molar-refractivity contribution in [3.05, 3.63) is 23.9 Å². The van der Waals surface area contributed by atoms with Crippen LogP contribution in [-0.2, 0) is 25.2 Å². The van der Waals surface area contributed by atoms with Gasteiger partial charge in [0.2, 0.25) is 11.8 Å². The van der Waals surface area contributed by atoms with E-state index in [1.807, 2.05) is 5.43 Å². The van der Waals surface area contributed by atoms with Crippen LogP contribution in [0, 0.1) is 5.92 Å². The van der Waals surface area contributed by atoms with Crippen molar-refractivity contribution in [2.24, 2.45) is 5.92 Å². The smallest absolute Gasteiger partial charge is 0.373 e. The molecular weight excluding hydrogens is 512 g/mol. The number of halogens is 6. The second-order valence-corrected chi connectivity index (χ2v) is 9.19. The molecule has 2 amide bonds. The van der Waals surface area contributed by atoms with Crippen molar-refractivity contribution in [2.75, 3.05) is 44.2 Å². The molecule has 0 bridgehead atoms. The van der Waals surface area contributed by atoms with Crippen LogP contribution in [0.2, 0.25) is 0 Å². The van der Waals surface area contributed by atoms with Crippen molar-refractivity contribution in [1.82, 2.24) is 20.7 Å². The third-order valence-corrected chi connectivity index (χ3v) is 6.65. The van der Waals surface area contributed by atoms with Crippen LogP contribution in [0.25, 0.3) is 0 Å². The van der Waals surface area contributed by atoms with Gasteiger partial charge in [0.15, 0.2) is 5.92 Å². The lowest BCUT2D eigenvalue weighted by molar-refractivity contribution is -0.215. The molecule has 3 aliphatic rings. The number of carbonyl (C=O) groups is 2. The molecule has 0 radical (unpaired) electrons. The number of amides is 2. The summed E-state index contributed by atoms with van der Waals surface area (Å²) in [6, 6.07) is 2.28. The molecule has 0 aromatic carbocycles. The molecule has 0 saturated carbocycles. The fourth-order valence-electron chi connectivity index (χ4n) is 4.65.